The van der Waals surface area contributed by atoms with E-state index in [-0.39, 0.29) is 23.8 Å². The van der Waals surface area contributed by atoms with E-state index in [2.05, 4.69) is 10.6 Å². The zero-order valence-electron chi connectivity index (χ0n) is 18.8. The second kappa shape index (κ2) is 11.7. The van der Waals surface area contributed by atoms with E-state index >= 15 is 0 Å². The first kappa shape index (κ1) is 24.7. The van der Waals surface area contributed by atoms with Crippen LogP contribution in [0.5, 0.6) is 5.75 Å². The number of carbonyl (C=O) groups excluding carboxylic acids is 2. The van der Waals surface area contributed by atoms with Crippen molar-refractivity contribution in [3.63, 3.8) is 0 Å². The third kappa shape index (κ3) is 6.97. The molecule has 0 aromatic heterocycles. The van der Waals surface area contributed by atoms with Crippen LogP contribution in [0.25, 0.3) is 0 Å². The smallest absolute Gasteiger partial charge is 0.251 e. The van der Waals surface area contributed by atoms with Gasteiger partial charge in [-0.05, 0) is 62.8 Å². The Kier molecular flexibility index (Phi) is 9.34. The van der Waals surface area contributed by atoms with Crippen LogP contribution in [0.1, 0.15) is 42.7 Å². The molecule has 6 nitrogen and oxygen atoms in total. The number of carbonyl (C=O) groups is 2. The topological polar surface area (TPSA) is 70.7 Å². The minimum atomic E-state index is -0.659. The summed E-state index contributed by atoms with van der Waals surface area (Å²) in [6.45, 7) is 6.64. The maximum absolute atomic E-state index is 12.9. The average Bonchev–Trinajstić information content (AvgIpc) is 2.73. The lowest BCUT2D eigenvalue weighted by Crippen LogP contribution is -2.51. The van der Waals surface area contributed by atoms with Crippen LogP contribution in [-0.4, -0.2) is 50.0 Å². The molecule has 2 aromatic carbocycles. The Morgan fingerprint density at radius 2 is 1.71 bits per heavy atom. The van der Waals surface area contributed by atoms with Gasteiger partial charge in [-0.2, -0.15) is 0 Å². The Morgan fingerprint density at radius 1 is 1.06 bits per heavy atom. The molecule has 0 fully saturated rings. The first-order valence-electron chi connectivity index (χ1n) is 10.5. The minimum Gasteiger partial charge on any atom is -0.494 e. The van der Waals surface area contributed by atoms with Gasteiger partial charge in [-0.25, -0.2) is 0 Å². The molecule has 2 amide bonds. The standard InChI is InChI=1S/C24H32ClN3O3/c1-6-31-18-13-11-17(12-14-18)23(29)27-22(16(2)3)24(30)26-15-21(28(4)5)19-9-7-8-10-20(19)25/h7-14,16,21-22H,6,15H2,1-5H3,(H,26,30)(H,27,29)/t21-,22+/m1/s1. The second-order valence-corrected chi connectivity index (χ2v) is 8.31. The van der Waals surface area contributed by atoms with Crippen LogP contribution in [0, 0.1) is 5.92 Å². The number of hydrogen-bond acceptors (Lipinski definition) is 4. The van der Waals surface area contributed by atoms with Crippen molar-refractivity contribution >= 4 is 23.4 Å². The van der Waals surface area contributed by atoms with Crippen molar-refractivity contribution in [1.29, 1.82) is 0 Å². The molecule has 2 atom stereocenters. The first-order valence-corrected chi connectivity index (χ1v) is 10.8. The highest BCUT2D eigenvalue weighted by Crippen LogP contribution is 2.25. The SMILES string of the molecule is CCOc1ccc(C(=O)N[C@H](C(=O)NC[C@H](c2ccccc2Cl)N(C)C)C(C)C)cc1. The van der Waals surface area contributed by atoms with Gasteiger partial charge >= 0.3 is 0 Å². The molecule has 2 aromatic rings. The second-order valence-electron chi connectivity index (χ2n) is 7.90. The fraction of sp³-hybridized carbons (Fsp3) is 0.417. The quantitative estimate of drug-likeness (QED) is 0.581. The highest BCUT2D eigenvalue weighted by atomic mass is 35.5. The Balaban J connectivity index is 2.05. The van der Waals surface area contributed by atoms with Crippen LogP contribution in [0.2, 0.25) is 5.02 Å². The van der Waals surface area contributed by atoms with E-state index in [1.54, 1.807) is 24.3 Å². The van der Waals surface area contributed by atoms with Gasteiger partial charge in [-0.1, -0.05) is 43.6 Å². The molecule has 0 bridgehead atoms. The van der Waals surface area contributed by atoms with Gasteiger partial charge in [0.05, 0.1) is 12.6 Å². The zero-order valence-corrected chi connectivity index (χ0v) is 19.6. The Morgan fingerprint density at radius 3 is 2.26 bits per heavy atom. The highest BCUT2D eigenvalue weighted by molar-refractivity contribution is 6.31. The number of likely N-dealkylation sites (N-methyl/N-ethyl adjacent to an activating group) is 1. The number of hydrogen-bond donors (Lipinski definition) is 2. The molecule has 0 aliphatic carbocycles. The monoisotopic (exact) mass is 445 g/mol. The molecule has 0 spiro atoms. The van der Waals surface area contributed by atoms with Crippen molar-refractivity contribution in [3.8, 4) is 5.75 Å². The molecule has 0 aliphatic heterocycles. The van der Waals surface area contributed by atoms with Crippen molar-refractivity contribution in [1.82, 2.24) is 15.5 Å². The summed E-state index contributed by atoms with van der Waals surface area (Å²) in [4.78, 5) is 27.6. The highest BCUT2D eigenvalue weighted by Gasteiger charge is 2.26. The van der Waals surface area contributed by atoms with Gasteiger partial charge in [0, 0.05) is 17.1 Å². The summed E-state index contributed by atoms with van der Waals surface area (Å²) in [6, 6.07) is 13.7. The molecule has 7 heteroatoms. The lowest BCUT2D eigenvalue weighted by molar-refractivity contribution is -0.124. The molecule has 0 radical (unpaired) electrons. The first-order chi connectivity index (χ1) is 14.7. The summed E-state index contributed by atoms with van der Waals surface area (Å²) in [6.07, 6.45) is 0. The van der Waals surface area contributed by atoms with Crippen LogP contribution in [0.3, 0.4) is 0 Å². The van der Waals surface area contributed by atoms with E-state index in [1.807, 2.05) is 64.0 Å². The molecular formula is C24H32ClN3O3. The molecule has 0 unspecified atom stereocenters. The summed E-state index contributed by atoms with van der Waals surface area (Å²) in [5.74, 6) is 0.0941. The van der Waals surface area contributed by atoms with Gasteiger partial charge in [0.15, 0.2) is 0 Å². The summed E-state index contributed by atoms with van der Waals surface area (Å²) in [5, 5.41) is 6.49. The number of benzene rings is 2. The lowest BCUT2D eigenvalue weighted by Gasteiger charge is -2.28. The van der Waals surface area contributed by atoms with Gasteiger partial charge in [0.25, 0.3) is 5.91 Å². The minimum absolute atomic E-state index is 0.0789. The molecule has 0 heterocycles. The number of amides is 2. The number of nitrogens with zero attached hydrogens (tertiary/aromatic N) is 1. The van der Waals surface area contributed by atoms with E-state index in [0.717, 1.165) is 5.56 Å². The van der Waals surface area contributed by atoms with E-state index < -0.39 is 6.04 Å². The fourth-order valence-electron chi connectivity index (χ4n) is 3.25. The maximum atomic E-state index is 12.9. The van der Waals surface area contributed by atoms with Crippen molar-refractivity contribution in [2.45, 2.75) is 32.9 Å². The number of ether oxygens (including phenoxy) is 1. The summed E-state index contributed by atoms with van der Waals surface area (Å²) < 4.78 is 5.41. The summed E-state index contributed by atoms with van der Waals surface area (Å²) in [5.41, 5.74) is 1.41. The summed E-state index contributed by atoms with van der Waals surface area (Å²) >= 11 is 6.35. The molecular weight excluding hydrogens is 414 g/mol. The normalized spacial score (nSPS) is 13.0. The van der Waals surface area contributed by atoms with Gasteiger partial charge in [0.2, 0.25) is 5.91 Å². The third-order valence-electron chi connectivity index (χ3n) is 5.02. The molecule has 168 valence electrons. The number of nitrogens with one attached hydrogen (secondary N) is 2. The molecule has 0 aliphatic rings. The van der Waals surface area contributed by atoms with Crippen molar-refractivity contribution in [3.05, 3.63) is 64.7 Å². The Bertz CT molecular complexity index is 869. The molecule has 0 saturated carbocycles. The zero-order chi connectivity index (χ0) is 23.0. The molecule has 2 rings (SSSR count). The van der Waals surface area contributed by atoms with Crippen LogP contribution in [0.4, 0.5) is 0 Å². The van der Waals surface area contributed by atoms with Gasteiger partial charge in [-0.15, -0.1) is 0 Å². The third-order valence-corrected chi connectivity index (χ3v) is 5.36. The van der Waals surface area contributed by atoms with Gasteiger partial charge < -0.3 is 20.3 Å². The maximum Gasteiger partial charge on any atom is 0.251 e. The lowest BCUT2D eigenvalue weighted by atomic mass is 10.0. The Hall–Kier alpha value is -2.57. The van der Waals surface area contributed by atoms with Crippen LogP contribution < -0.4 is 15.4 Å². The summed E-state index contributed by atoms with van der Waals surface area (Å²) in [7, 11) is 3.88. The average molecular weight is 446 g/mol. The van der Waals surface area contributed by atoms with E-state index in [0.29, 0.717) is 29.5 Å². The van der Waals surface area contributed by atoms with Crippen LogP contribution in [-0.2, 0) is 4.79 Å². The molecule has 2 N–H and O–H groups in total. The fourth-order valence-corrected chi connectivity index (χ4v) is 3.51. The van der Waals surface area contributed by atoms with Gasteiger partial charge in [-0.3, -0.25) is 9.59 Å². The van der Waals surface area contributed by atoms with Crippen LogP contribution >= 0.6 is 11.6 Å². The number of rotatable bonds is 10. The van der Waals surface area contributed by atoms with E-state index in [9.17, 15) is 9.59 Å². The van der Waals surface area contributed by atoms with Crippen molar-refractivity contribution < 1.29 is 14.3 Å². The van der Waals surface area contributed by atoms with E-state index in [4.69, 9.17) is 16.3 Å². The molecule has 31 heavy (non-hydrogen) atoms. The van der Waals surface area contributed by atoms with Crippen LogP contribution in [0.15, 0.2) is 48.5 Å². The Labute approximate surface area is 189 Å². The largest absolute Gasteiger partial charge is 0.494 e. The van der Waals surface area contributed by atoms with E-state index in [1.165, 1.54) is 0 Å². The van der Waals surface area contributed by atoms with Crippen molar-refractivity contribution in [2.24, 2.45) is 5.92 Å². The van der Waals surface area contributed by atoms with Crippen molar-refractivity contribution in [2.75, 3.05) is 27.2 Å². The number of halogens is 1. The predicted molar refractivity (Wildman–Crippen MR) is 125 cm³/mol. The molecule has 0 saturated heterocycles. The predicted octanol–water partition coefficient (Wildman–Crippen LogP) is 3.91. The van der Waals surface area contributed by atoms with Gasteiger partial charge in [0.1, 0.15) is 11.8 Å².